The Bertz CT molecular complexity index is 960. The number of hydrogen-bond donors (Lipinski definition) is 3. The summed E-state index contributed by atoms with van der Waals surface area (Å²) in [4.78, 5) is 19.7. The number of halogens is 2. The van der Waals surface area contributed by atoms with Gasteiger partial charge in [-0.15, -0.1) is 0 Å². The van der Waals surface area contributed by atoms with Gasteiger partial charge in [0.25, 0.3) is 0 Å². The number of Topliss-reactive ketones (excluding diaryl/α,β-unsaturated/α-hetero) is 1. The molecule has 0 saturated heterocycles. The molecule has 0 radical (unpaired) electrons. The average molecular weight is 388 g/mol. The molecule has 26 heavy (non-hydrogen) atoms. The largest absolute Gasteiger partial charge is 0.393 e. The summed E-state index contributed by atoms with van der Waals surface area (Å²) >= 11 is 12.2. The molecule has 0 saturated carbocycles. The number of anilines is 5. The summed E-state index contributed by atoms with van der Waals surface area (Å²) in [7, 11) is 0. The Labute approximate surface area is 160 Å². The number of aromatic nitrogens is 2. The zero-order chi connectivity index (χ0) is 18.7. The highest BCUT2D eigenvalue weighted by atomic mass is 35.5. The number of carbonyl (C=O) groups excluding carboxylic acids is 1. The van der Waals surface area contributed by atoms with Crippen molar-refractivity contribution in [3.63, 3.8) is 0 Å². The Morgan fingerprint density at radius 3 is 2.31 bits per heavy atom. The van der Waals surface area contributed by atoms with Gasteiger partial charge in [-0.3, -0.25) is 4.79 Å². The van der Waals surface area contributed by atoms with Crippen LogP contribution in [0.2, 0.25) is 10.0 Å². The van der Waals surface area contributed by atoms with Crippen LogP contribution in [0.1, 0.15) is 17.3 Å². The Balaban J connectivity index is 1.85. The van der Waals surface area contributed by atoms with Gasteiger partial charge in [-0.1, -0.05) is 23.2 Å². The molecule has 8 heteroatoms. The van der Waals surface area contributed by atoms with E-state index in [-0.39, 0.29) is 5.78 Å². The highest BCUT2D eigenvalue weighted by Crippen LogP contribution is 2.32. The molecule has 4 N–H and O–H groups in total. The molecule has 0 unspecified atom stereocenters. The van der Waals surface area contributed by atoms with Crippen LogP contribution < -0.4 is 16.4 Å². The Kier molecular flexibility index (Phi) is 5.25. The minimum atomic E-state index is 0.00277. The van der Waals surface area contributed by atoms with Crippen LogP contribution in [-0.4, -0.2) is 15.8 Å². The van der Waals surface area contributed by atoms with Gasteiger partial charge in [0.2, 0.25) is 0 Å². The van der Waals surface area contributed by atoms with Gasteiger partial charge in [0, 0.05) is 16.3 Å². The fourth-order valence-corrected chi connectivity index (χ4v) is 2.58. The molecule has 1 heterocycles. The summed E-state index contributed by atoms with van der Waals surface area (Å²) in [5.41, 5.74) is 8.44. The zero-order valence-corrected chi connectivity index (χ0v) is 15.3. The van der Waals surface area contributed by atoms with Crippen LogP contribution in [0.3, 0.4) is 0 Å². The van der Waals surface area contributed by atoms with Crippen LogP contribution >= 0.6 is 23.2 Å². The molecule has 0 aliphatic carbocycles. The topological polar surface area (TPSA) is 92.9 Å². The van der Waals surface area contributed by atoms with Crippen molar-refractivity contribution in [1.82, 2.24) is 9.97 Å². The van der Waals surface area contributed by atoms with Crippen molar-refractivity contribution >= 4 is 57.7 Å². The van der Waals surface area contributed by atoms with Crippen LogP contribution in [0.15, 0.2) is 48.8 Å². The number of nitrogens with two attached hydrogens (primary N) is 1. The molecule has 0 aliphatic rings. The van der Waals surface area contributed by atoms with E-state index in [4.69, 9.17) is 28.9 Å². The van der Waals surface area contributed by atoms with E-state index in [9.17, 15) is 4.79 Å². The molecule has 0 fully saturated rings. The van der Waals surface area contributed by atoms with E-state index in [2.05, 4.69) is 20.6 Å². The van der Waals surface area contributed by atoms with Gasteiger partial charge < -0.3 is 16.4 Å². The third-order valence-electron chi connectivity index (χ3n) is 3.62. The van der Waals surface area contributed by atoms with Crippen molar-refractivity contribution in [2.45, 2.75) is 6.92 Å². The molecule has 0 bridgehead atoms. The number of ketones is 1. The highest BCUT2D eigenvalue weighted by Gasteiger charge is 2.11. The zero-order valence-electron chi connectivity index (χ0n) is 13.8. The molecule has 0 amide bonds. The fourth-order valence-electron chi connectivity index (χ4n) is 2.24. The smallest absolute Gasteiger partial charge is 0.159 e. The van der Waals surface area contributed by atoms with Crippen LogP contribution in [0.5, 0.6) is 0 Å². The average Bonchev–Trinajstić information content (AvgIpc) is 2.62. The summed E-state index contributed by atoms with van der Waals surface area (Å²) in [5.74, 6) is 0.825. The van der Waals surface area contributed by atoms with Crippen molar-refractivity contribution in [3.05, 3.63) is 64.4 Å². The second-order valence-corrected chi connectivity index (χ2v) is 6.34. The fraction of sp³-hybridized carbons (Fsp3) is 0.0556. The number of rotatable bonds is 5. The van der Waals surface area contributed by atoms with E-state index < -0.39 is 0 Å². The van der Waals surface area contributed by atoms with E-state index in [1.165, 1.54) is 13.3 Å². The third kappa shape index (κ3) is 4.04. The lowest BCUT2D eigenvalue weighted by molar-refractivity contribution is 0.101. The monoisotopic (exact) mass is 387 g/mol. The molecular formula is C18H15Cl2N5O. The molecule has 0 spiro atoms. The number of nitrogens with one attached hydrogen (secondary N) is 2. The highest BCUT2D eigenvalue weighted by molar-refractivity contribution is 6.35. The van der Waals surface area contributed by atoms with Crippen molar-refractivity contribution in [2.75, 3.05) is 16.4 Å². The van der Waals surface area contributed by atoms with Gasteiger partial charge >= 0.3 is 0 Å². The SMILES string of the molecule is CC(=O)c1ccc(Nc2ncnc(Nc3cc(Cl)ccc3Cl)c2N)cc1. The van der Waals surface area contributed by atoms with Gasteiger partial charge in [0.05, 0.1) is 10.7 Å². The molecule has 132 valence electrons. The number of hydrogen-bond acceptors (Lipinski definition) is 6. The molecule has 2 aromatic carbocycles. The predicted molar refractivity (Wildman–Crippen MR) is 106 cm³/mol. The van der Waals surface area contributed by atoms with Crippen LogP contribution in [0, 0.1) is 0 Å². The molecule has 3 rings (SSSR count). The summed E-state index contributed by atoms with van der Waals surface area (Å²) in [6.07, 6.45) is 1.38. The third-order valence-corrected chi connectivity index (χ3v) is 4.18. The standard InChI is InChI=1S/C18H15Cl2N5O/c1-10(26)11-2-5-13(6-3-11)24-17-16(21)18(23-9-22-17)25-15-8-12(19)4-7-14(15)20/h2-9H,21H2,1H3,(H2,22,23,24,25). The number of benzene rings is 2. The molecule has 0 aliphatic heterocycles. The maximum absolute atomic E-state index is 11.3. The summed E-state index contributed by atoms with van der Waals surface area (Å²) < 4.78 is 0. The van der Waals surface area contributed by atoms with E-state index in [1.54, 1.807) is 42.5 Å². The Hall–Kier alpha value is -2.83. The first kappa shape index (κ1) is 18.0. The maximum Gasteiger partial charge on any atom is 0.159 e. The number of carbonyl (C=O) groups is 1. The Morgan fingerprint density at radius 2 is 1.65 bits per heavy atom. The molecule has 0 atom stereocenters. The second-order valence-electron chi connectivity index (χ2n) is 5.49. The number of nitrogens with zero attached hydrogens (tertiary/aromatic N) is 2. The molecule has 3 aromatic rings. The van der Waals surface area contributed by atoms with Gasteiger partial charge in [0.1, 0.15) is 12.0 Å². The summed E-state index contributed by atoms with van der Waals surface area (Å²) in [6.45, 7) is 1.52. The van der Waals surface area contributed by atoms with Crippen molar-refractivity contribution in [2.24, 2.45) is 0 Å². The first-order chi connectivity index (χ1) is 12.4. The van der Waals surface area contributed by atoms with Crippen LogP contribution in [-0.2, 0) is 0 Å². The first-order valence-corrected chi connectivity index (χ1v) is 8.40. The minimum Gasteiger partial charge on any atom is -0.393 e. The van der Waals surface area contributed by atoms with Gasteiger partial charge in [-0.05, 0) is 49.4 Å². The lowest BCUT2D eigenvalue weighted by Crippen LogP contribution is -2.05. The van der Waals surface area contributed by atoms with E-state index in [0.29, 0.717) is 38.6 Å². The van der Waals surface area contributed by atoms with Crippen LogP contribution in [0.25, 0.3) is 0 Å². The minimum absolute atomic E-state index is 0.00277. The summed E-state index contributed by atoms with van der Waals surface area (Å²) in [5, 5.41) is 7.18. The van der Waals surface area contributed by atoms with E-state index in [0.717, 1.165) is 5.69 Å². The van der Waals surface area contributed by atoms with E-state index >= 15 is 0 Å². The van der Waals surface area contributed by atoms with Gasteiger partial charge in [-0.25, -0.2) is 9.97 Å². The maximum atomic E-state index is 11.3. The lowest BCUT2D eigenvalue weighted by Gasteiger charge is -2.13. The normalized spacial score (nSPS) is 10.4. The predicted octanol–water partition coefficient (Wildman–Crippen LogP) is 5.06. The Morgan fingerprint density at radius 1 is 1.00 bits per heavy atom. The van der Waals surface area contributed by atoms with Crippen molar-refractivity contribution in [3.8, 4) is 0 Å². The molecular weight excluding hydrogens is 373 g/mol. The first-order valence-electron chi connectivity index (χ1n) is 7.64. The number of nitrogen functional groups attached to an aromatic ring is 1. The molecule has 6 nitrogen and oxygen atoms in total. The van der Waals surface area contributed by atoms with Crippen LogP contribution in [0.4, 0.5) is 28.7 Å². The van der Waals surface area contributed by atoms with Gasteiger partial charge in [-0.2, -0.15) is 0 Å². The molecule has 1 aromatic heterocycles. The lowest BCUT2D eigenvalue weighted by atomic mass is 10.1. The van der Waals surface area contributed by atoms with Crippen molar-refractivity contribution < 1.29 is 4.79 Å². The second kappa shape index (κ2) is 7.59. The summed E-state index contributed by atoms with van der Waals surface area (Å²) in [6, 6.07) is 12.1. The quantitative estimate of drug-likeness (QED) is 0.530. The van der Waals surface area contributed by atoms with Gasteiger partial charge in [0.15, 0.2) is 17.4 Å². The van der Waals surface area contributed by atoms with E-state index in [1.807, 2.05) is 0 Å². The van der Waals surface area contributed by atoms with Crippen molar-refractivity contribution in [1.29, 1.82) is 0 Å².